The Kier molecular flexibility index (Phi) is 7.85. The number of hydrogen-bond donors (Lipinski definition) is 3. The van der Waals surface area contributed by atoms with Crippen molar-refractivity contribution >= 4 is 16.1 Å². The first-order chi connectivity index (χ1) is 17.8. The van der Waals surface area contributed by atoms with Gasteiger partial charge in [0.2, 0.25) is 17.6 Å². The fraction of sp³-hybridized carbons (Fsp3) is 0.375. The van der Waals surface area contributed by atoms with Gasteiger partial charge in [-0.15, -0.1) is 0 Å². The van der Waals surface area contributed by atoms with Gasteiger partial charge in [0.25, 0.3) is 10.1 Å². The van der Waals surface area contributed by atoms with E-state index >= 15 is 0 Å². The highest BCUT2D eigenvalue weighted by Gasteiger charge is 2.34. The van der Waals surface area contributed by atoms with Gasteiger partial charge in [-0.3, -0.25) is 4.55 Å². The molecule has 0 amide bonds. The van der Waals surface area contributed by atoms with Gasteiger partial charge in [-0.1, -0.05) is 0 Å². The Labute approximate surface area is 216 Å². The molecule has 0 aliphatic carbocycles. The minimum Gasteiger partial charge on any atom is -0.435 e. The van der Waals surface area contributed by atoms with Crippen LogP contribution >= 0.6 is 0 Å². The van der Waals surface area contributed by atoms with Gasteiger partial charge < -0.3 is 15.4 Å². The van der Waals surface area contributed by atoms with Gasteiger partial charge in [0.05, 0.1) is 11.3 Å². The average molecular weight is 556 g/mol. The minimum absolute atomic E-state index is 0.148. The smallest absolute Gasteiger partial charge is 0.269 e. The van der Waals surface area contributed by atoms with Gasteiger partial charge in [-0.25, -0.2) is 28.1 Å². The highest BCUT2D eigenvalue weighted by atomic mass is 32.2. The zero-order chi connectivity index (χ0) is 27.7. The van der Waals surface area contributed by atoms with Crippen molar-refractivity contribution in [3.8, 4) is 22.9 Å². The summed E-state index contributed by atoms with van der Waals surface area (Å²) in [6.45, 7) is 4.19. The molecule has 1 aromatic carbocycles. The number of aromatic nitrogens is 3. The number of piperidine rings is 1. The molecule has 9 nitrogen and oxygen atoms in total. The highest BCUT2D eigenvalue weighted by molar-refractivity contribution is 7.85. The van der Waals surface area contributed by atoms with Gasteiger partial charge >= 0.3 is 0 Å². The molecule has 1 saturated heterocycles. The number of anilines is 1. The lowest BCUT2D eigenvalue weighted by molar-refractivity contribution is 0.0993. The number of alkyl halides is 1. The third kappa shape index (κ3) is 6.55. The number of nitrogens with one attached hydrogen (secondary N) is 2. The van der Waals surface area contributed by atoms with Crippen LogP contribution in [0.5, 0.6) is 11.6 Å². The van der Waals surface area contributed by atoms with Crippen molar-refractivity contribution in [3.63, 3.8) is 0 Å². The molecule has 2 aromatic heterocycles. The van der Waals surface area contributed by atoms with E-state index in [2.05, 4.69) is 25.6 Å². The van der Waals surface area contributed by atoms with Crippen molar-refractivity contribution in [1.29, 1.82) is 0 Å². The van der Waals surface area contributed by atoms with Crippen LogP contribution < -0.4 is 15.4 Å². The lowest BCUT2D eigenvalue weighted by Crippen LogP contribution is -2.48. The number of halogens is 4. The molecule has 0 spiro atoms. The second-order valence-corrected chi connectivity index (χ2v) is 10.9. The van der Waals surface area contributed by atoms with E-state index in [1.165, 1.54) is 38.4 Å². The van der Waals surface area contributed by atoms with Crippen molar-refractivity contribution in [2.75, 3.05) is 18.4 Å². The van der Waals surface area contributed by atoms with Crippen molar-refractivity contribution in [3.05, 3.63) is 59.7 Å². The second-order valence-electron chi connectivity index (χ2n) is 9.41. The van der Waals surface area contributed by atoms with E-state index in [-0.39, 0.29) is 29.4 Å². The molecular formula is C24H25F4N5O4S. The molecule has 0 saturated carbocycles. The maximum Gasteiger partial charge on any atom is 0.269 e. The van der Waals surface area contributed by atoms with Crippen LogP contribution in [0.3, 0.4) is 0 Å². The van der Waals surface area contributed by atoms with E-state index in [0.717, 1.165) is 0 Å². The number of pyridine rings is 1. The van der Waals surface area contributed by atoms with Crippen LogP contribution in [0, 0.1) is 23.4 Å². The molecule has 1 aliphatic heterocycles. The van der Waals surface area contributed by atoms with Crippen LogP contribution in [-0.2, 0) is 15.9 Å². The van der Waals surface area contributed by atoms with Gasteiger partial charge in [0.15, 0.2) is 11.6 Å². The quantitative estimate of drug-likeness (QED) is 0.212. The molecule has 0 bridgehead atoms. The van der Waals surface area contributed by atoms with E-state index in [0.29, 0.717) is 31.3 Å². The number of benzene rings is 1. The molecule has 3 aromatic rings. The molecule has 4 rings (SSSR count). The Morgan fingerprint density at radius 1 is 1.16 bits per heavy atom. The van der Waals surface area contributed by atoms with Crippen LogP contribution in [0.15, 0.2) is 36.7 Å². The molecular weight excluding hydrogens is 530 g/mol. The largest absolute Gasteiger partial charge is 0.435 e. The van der Waals surface area contributed by atoms with Crippen LogP contribution in [0.2, 0.25) is 0 Å². The summed E-state index contributed by atoms with van der Waals surface area (Å²) in [6, 6.07) is 4.92. The zero-order valence-corrected chi connectivity index (χ0v) is 21.2. The molecule has 38 heavy (non-hydrogen) atoms. The fourth-order valence-corrected chi connectivity index (χ4v) is 4.74. The summed E-state index contributed by atoms with van der Waals surface area (Å²) in [4.78, 5) is 12.7. The van der Waals surface area contributed by atoms with Crippen molar-refractivity contribution in [2.24, 2.45) is 5.92 Å². The van der Waals surface area contributed by atoms with E-state index in [1.807, 2.05) is 0 Å². The first-order valence-electron chi connectivity index (χ1n) is 11.6. The lowest BCUT2D eigenvalue weighted by atomic mass is 9.84. The predicted octanol–water partition coefficient (Wildman–Crippen LogP) is 4.27. The minimum atomic E-state index is -4.82. The number of ether oxygens (including phenoxy) is 1. The average Bonchev–Trinajstić information content (AvgIpc) is 2.85. The SMILES string of the molecule is CC(C)(F)C1CNCC(Nc2nccc(-c3cccnc3Oc3cc(F)c(CS(=O)(=O)O)c(F)c3F)n2)C1. The molecule has 3 heterocycles. The molecule has 204 valence electrons. The summed E-state index contributed by atoms with van der Waals surface area (Å²) in [7, 11) is -4.82. The Morgan fingerprint density at radius 2 is 1.92 bits per heavy atom. The Hall–Kier alpha value is -3.36. The normalized spacial score (nSPS) is 18.3. The lowest BCUT2D eigenvalue weighted by Gasteiger charge is -2.35. The maximum atomic E-state index is 14.6. The molecule has 2 atom stereocenters. The summed E-state index contributed by atoms with van der Waals surface area (Å²) < 4.78 is 94.2. The third-order valence-corrected chi connectivity index (χ3v) is 6.76. The van der Waals surface area contributed by atoms with Gasteiger partial charge in [0, 0.05) is 49.1 Å². The zero-order valence-electron chi connectivity index (χ0n) is 20.4. The molecule has 1 fully saturated rings. The van der Waals surface area contributed by atoms with Crippen LogP contribution in [0.4, 0.5) is 23.5 Å². The van der Waals surface area contributed by atoms with E-state index < -0.39 is 50.3 Å². The topological polar surface area (TPSA) is 126 Å². The van der Waals surface area contributed by atoms with Crippen molar-refractivity contribution in [1.82, 2.24) is 20.3 Å². The van der Waals surface area contributed by atoms with Gasteiger partial charge in [-0.2, -0.15) is 12.8 Å². The maximum absolute atomic E-state index is 14.6. The standard InChI is InChI=1S/C24H25F4N5O4S/c1-24(2,28)13-8-14(11-29-10-13)32-23-31-7-5-18(33-23)15-4-3-6-30-22(15)37-19-9-17(25)16(12-38(34,35)36)20(26)21(19)27/h3-7,9,13-14,29H,8,10-12H2,1-2H3,(H,31,32,33)(H,34,35,36). The number of nitrogens with zero attached hydrogens (tertiary/aromatic N) is 3. The molecule has 1 aliphatic rings. The van der Waals surface area contributed by atoms with E-state index in [9.17, 15) is 26.0 Å². The molecule has 3 N–H and O–H groups in total. The van der Waals surface area contributed by atoms with Gasteiger partial charge in [-0.05, 0) is 38.5 Å². The van der Waals surface area contributed by atoms with Gasteiger partial charge in [0.1, 0.15) is 17.2 Å². The molecule has 14 heteroatoms. The summed E-state index contributed by atoms with van der Waals surface area (Å²) in [5.74, 6) is -7.47. The monoisotopic (exact) mass is 555 g/mol. The van der Waals surface area contributed by atoms with E-state index in [4.69, 9.17) is 9.29 Å². The number of hydrogen-bond acceptors (Lipinski definition) is 8. The van der Waals surface area contributed by atoms with E-state index in [1.54, 1.807) is 6.07 Å². The second kappa shape index (κ2) is 10.8. The summed E-state index contributed by atoms with van der Waals surface area (Å²) >= 11 is 0. The first kappa shape index (κ1) is 27.7. The third-order valence-electron chi connectivity index (χ3n) is 6.11. The Balaban J connectivity index is 1.59. The fourth-order valence-electron chi connectivity index (χ4n) is 4.11. The van der Waals surface area contributed by atoms with Crippen LogP contribution in [-0.4, -0.2) is 52.7 Å². The summed E-state index contributed by atoms with van der Waals surface area (Å²) in [6.07, 6.45) is 3.32. The predicted molar refractivity (Wildman–Crippen MR) is 130 cm³/mol. The van der Waals surface area contributed by atoms with Crippen molar-refractivity contribution < 1.29 is 35.3 Å². The summed E-state index contributed by atoms with van der Waals surface area (Å²) in [5, 5.41) is 6.36. The molecule has 0 radical (unpaired) electrons. The summed E-state index contributed by atoms with van der Waals surface area (Å²) in [5.41, 5.74) is -2.00. The molecule has 2 unspecified atom stereocenters. The van der Waals surface area contributed by atoms with Crippen LogP contribution in [0.1, 0.15) is 25.8 Å². The highest BCUT2D eigenvalue weighted by Crippen LogP contribution is 2.34. The van der Waals surface area contributed by atoms with Crippen molar-refractivity contribution in [2.45, 2.75) is 37.7 Å². The number of rotatable bonds is 8. The van der Waals surface area contributed by atoms with Crippen LogP contribution in [0.25, 0.3) is 11.3 Å². The Morgan fingerprint density at radius 3 is 2.63 bits per heavy atom. The first-order valence-corrected chi connectivity index (χ1v) is 13.2. The Bertz CT molecular complexity index is 1440.